The molecule has 0 atom stereocenters. The number of hydrogen-bond donors (Lipinski definition) is 0. The third-order valence-corrected chi connectivity index (χ3v) is 3.96. The van der Waals surface area contributed by atoms with Gasteiger partial charge in [-0.3, -0.25) is 0 Å². The van der Waals surface area contributed by atoms with Crippen LogP contribution in [0.2, 0.25) is 0 Å². The van der Waals surface area contributed by atoms with Gasteiger partial charge in [0, 0.05) is 0 Å². The van der Waals surface area contributed by atoms with Crippen LogP contribution in [-0.4, -0.2) is 0 Å². The monoisotopic (exact) mass is 164 g/mol. The molecule has 0 saturated heterocycles. The van der Waals surface area contributed by atoms with Crippen LogP contribution in [0.25, 0.3) is 0 Å². The van der Waals surface area contributed by atoms with Crippen molar-refractivity contribution in [2.45, 2.75) is 58.3 Å². The highest BCUT2D eigenvalue weighted by atomic mass is 14.4. The van der Waals surface area contributed by atoms with E-state index in [0.717, 1.165) is 0 Å². The second-order valence-electron chi connectivity index (χ2n) is 4.62. The molecule has 2 rings (SSSR count). The molecule has 0 bridgehead atoms. The number of rotatable bonds is 0. The van der Waals surface area contributed by atoms with E-state index in [1.807, 2.05) is 0 Å². The van der Waals surface area contributed by atoms with E-state index >= 15 is 0 Å². The molecule has 0 aromatic carbocycles. The summed E-state index contributed by atoms with van der Waals surface area (Å²) in [5.74, 6) is 0. The predicted octanol–water partition coefficient (Wildman–Crippen LogP) is 4.07. The third kappa shape index (κ3) is 1.32. The van der Waals surface area contributed by atoms with Gasteiger partial charge in [0.25, 0.3) is 0 Å². The van der Waals surface area contributed by atoms with Crippen molar-refractivity contribution in [1.29, 1.82) is 0 Å². The SMILES string of the molecule is CC1=CCCCC12CCCCC2. The average molecular weight is 164 g/mol. The van der Waals surface area contributed by atoms with Crippen LogP contribution in [0.4, 0.5) is 0 Å². The molecule has 1 fully saturated rings. The van der Waals surface area contributed by atoms with Gasteiger partial charge < -0.3 is 0 Å². The fourth-order valence-electron chi connectivity index (χ4n) is 3.05. The van der Waals surface area contributed by atoms with Crippen LogP contribution < -0.4 is 0 Å². The molecule has 68 valence electrons. The van der Waals surface area contributed by atoms with Gasteiger partial charge in [0.15, 0.2) is 0 Å². The van der Waals surface area contributed by atoms with Gasteiger partial charge in [-0.1, -0.05) is 30.9 Å². The zero-order valence-electron chi connectivity index (χ0n) is 8.23. The van der Waals surface area contributed by atoms with Crippen LogP contribution in [0.3, 0.4) is 0 Å². The average Bonchev–Trinajstić information content (AvgIpc) is 2.12. The quantitative estimate of drug-likeness (QED) is 0.473. The van der Waals surface area contributed by atoms with E-state index in [2.05, 4.69) is 13.0 Å². The summed E-state index contributed by atoms with van der Waals surface area (Å²) in [6.07, 6.45) is 14.2. The van der Waals surface area contributed by atoms with Gasteiger partial charge in [0.1, 0.15) is 0 Å². The Morgan fingerprint density at radius 2 is 1.67 bits per heavy atom. The molecule has 2 aliphatic rings. The highest BCUT2D eigenvalue weighted by Gasteiger charge is 2.34. The second-order valence-corrected chi connectivity index (χ2v) is 4.62. The van der Waals surface area contributed by atoms with Crippen LogP contribution in [0.5, 0.6) is 0 Å². The van der Waals surface area contributed by atoms with Gasteiger partial charge in [-0.25, -0.2) is 0 Å². The standard InChI is InChI=1S/C12H20/c1-11-7-3-6-10-12(11)8-4-2-5-9-12/h7H,2-6,8-10H2,1H3. The zero-order chi connectivity index (χ0) is 8.44. The van der Waals surface area contributed by atoms with Crippen LogP contribution in [0.15, 0.2) is 11.6 Å². The molecule has 0 aromatic heterocycles. The fraction of sp³-hybridized carbons (Fsp3) is 0.833. The Morgan fingerprint density at radius 1 is 1.00 bits per heavy atom. The first-order valence-corrected chi connectivity index (χ1v) is 5.51. The molecule has 0 aromatic rings. The van der Waals surface area contributed by atoms with E-state index in [0.29, 0.717) is 5.41 Å². The Labute approximate surface area is 76.1 Å². The molecule has 12 heavy (non-hydrogen) atoms. The maximum atomic E-state index is 2.49. The molecule has 0 aliphatic heterocycles. The Kier molecular flexibility index (Phi) is 2.25. The summed E-state index contributed by atoms with van der Waals surface area (Å²) in [6.45, 7) is 2.37. The van der Waals surface area contributed by atoms with Gasteiger partial charge in [0.2, 0.25) is 0 Å². The Hall–Kier alpha value is -0.260. The largest absolute Gasteiger partial charge is 0.0850 e. The van der Waals surface area contributed by atoms with Crippen molar-refractivity contribution in [2.24, 2.45) is 5.41 Å². The topological polar surface area (TPSA) is 0 Å². The van der Waals surface area contributed by atoms with E-state index in [9.17, 15) is 0 Å². The lowest BCUT2D eigenvalue weighted by Crippen LogP contribution is -2.27. The smallest absolute Gasteiger partial charge is 0.00907 e. The van der Waals surface area contributed by atoms with Crippen LogP contribution >= 0.6 is 0 Å². The van der Waals surface area contributed by atoms with Gasteiger partial charge in [-0.05, 0) is 44.4 Å². The normalized spacial score (nSPS) is 28.6. The van der Waals surface area contributed by atoms with Gasteiger partial charge in [-0.15, -0.1) is 0 Å². The molecule has 0 N–H and O–H groups in total. The molecule has 1 spiro atoms. The third-order valence-electron chi connectivity index (χ3n) is 3.96. The first kappa shape index (κ1) is 8.34. The lowest BCUT2D eigenvalue weighted by molar-refractivity contribution is 0.208. The van der Waals surface area contributed by atoms with E-state index < -0.39 is 0 Å². The Bertz CT molecular complexity index is 182. The Morgan fingerprint density at radius 3 is 2.33 bits per heavy atom. The van der Waals surface area contributed by atoms with Crippen molar-refractivity contribution in [3.63, 3.8) is 0 Å². The van der Waals surface area contributed by atoms with E-state index in [-0.39, 0.29) is 0 Å². The maximum Gasteiger partial charge on any atom is -0.00907 e. The second kappa shape index (κ2) is 3.24. The van der Waals surface area contributed by atoms with Crippen molar-refractivity contribution >= 4 is 0 Å². The number of allylic oxidation sites excluding steroid dienone is 2. The van der Waals surface area contributed by atoms with Crippen molar-refractivity contribution < 1.29 is 0 Å². The highest BCUT2D eigenvalue weighted by molar-refractivity contribution is 5.15. The molecular weight excluding hydrogens is 144 g/mol. The molecule has 0 heterocycles. The van der Waals surface area contributed by atoms with Crippen molar-refractivity contribution in [1.82, 2.24) is 0 Å². The minimum atomic E-state index is 0.677. The molecule has 0 radical (unpaired) electrons. The first-order chi connectivity index (χ1) is 5.83. The first-order valence-electron chi connectivity index (χ1n) is 5.51. The van der Waals surface area contributed by atoms with Crippen LogP contribution in [0, 0.1) is 5.41 Å². The summed E-state index contributed by atoms with van der Waals surface area (Å²) in [5, 5.41) is 0. The lowest BCUT2D eigenvalue weighted by atomic mass is 9.64. The minimum absolute atomic E-state index is 0.677. The van der Waals surface area contributed by atoms with Crippen molar-refractivity contribution in [2.75, 3.05) is 0 Å². The zero-order valence-corrected chi connectivity index (χ0v) is 8.23. The molecule has 0 nitrogen and oxygen atoms in total. The van der Waals surface area contributed by atoms with Crippen molar-refractivity contribution in [3.05, 3.63) is 11.6 Å². The van der Waals surface area contributed by atoms with Crippen molar-refractivity contribution in [3.8, 4) is 0 Å². The van der Waals surface area contributed by atoms with E-state index in [1.54, 1.807) is 5.57 Å². The van der Waals surface area contributed by atoms with Gasteiger partial charge in [-0.2, -0.15) is 0 Å². The number of hydrogen-bond acceptors (Lipinski definition) is 0. The van der Waals surface area contributed by atoms with E-state index in [4.69, 9.17) is 0 Å². The molecule has 0 unspecified atom stereocenters. The lowest BCUT2D eigenvalue weighted by Gasteiger charge is -2.41. The molecule has 2 aliphatic carbocycles. The highest BCUT2D eigenvalue weighted by Crippen LogP contribution is 2.48. The summed E-state index contributed by atoms with van der Waals surface area (Å²) >= 11 is 0. The molecule has 1 saturated carbocycles. The van der Waals surface area contributed by atoms with E-state index in [1.165, 1.54) is 51.4 Å². The minimum Gasteiger partial charge on any atom is -0.0850 e. The fourth-order valence-corrected chi connectivity index (χ4v) is 3.05. The van der Waals surface area contributed by atoms with Gasteiger partial charge >= 0.3 is 0 Å². The molecule has 0 heteroatoms. The summed E-state index contributed by atoms with van der Waals surface area (Å²) < 4.78 is 0. The maximum absolute atomic E-state index is 2.49. The van der Waals surface area contributed by atoms with Crippen LogP contribution in [-0.2, 0) is 0 Å². The summed E-state index contributed by atoms with van der Waals surface area (Å²) in [7, 11) is 0. The summed E-state index contributed by atoms with van der Waals surface area (Å²) in [4.78, 5) is 0. The molecular formula is C12H20. The summed E-state index contributed by atoms with van der Waals surface area (Å²) in [6, 6.07) is 0. The van der Waals surface area contributed by atoms with Gasteiger partial charge in [0.05, 0.1) is 0 Å². The predicted molar refractivity (Wildman–Crippen MR) is 53.1 cm³/mol. The Balaban J connectivity index is 2.16. The molecule has 0 amide bonds. The van der Waals surface area contributed by atoms with Crippen LogP contribution in [0.1, 0.15) is 58.3 Å². The summed E-state index contributed by atoms with van der Waals surface area (Å²) in [5.41, 5.74) is 2.39.